The monoisotopic (exact) mass is 245 g/mol. The first kappa shape index (κ1) is 12.2. The molecule has 0 radical (unpaired) electrons. The summed E-state index contributed by atoms with van der Waals surface area (Å²) >= 11 is 5.93. The SMILES string of the molecule is Cc1cccc(CNCc2cccc(Cl)c2)c1. The zero-order valence-electron chi connectivity index (χ0n) is 9.91. The molecule has 0 bridgehead atoms. The molecule has 0 heterocycles. The minimum Gasteiger partial charge on any atom is -0.309 e. The van der Waals surface area contributed by atoms with Crippen molar-refractivity contribution in [3.63, 3.8) is 0 Å². The van der Waals surface area contributed by atoms with Crippen LogP contribution in [-0.4, -0.2) is 0 Å². The number of aryl methyl sites for hydroxylation is 1. The van der Waals surface area contributed by atoms with E-state index in [-0.39, 0.29) is 0 Å². The van der Waals surface area contributed by atoms with E-state index < -0.39 is 0 Å². The number of rotatable bonds is 4. The second-order valence-corrected chi connectivity index (χ2v) is 4.66. The maximum absolute atomic E-state index is 5.93. The molecule has 0 fully saturated rings. The lowest BCUT2D eigenvalue weighted by molar-refractivity contribution is 0.693. The number of benzene rings is 2. The molecule has 0 saturated heterocycles. The Labute approximate surface area is 107 Å². The normalized spacial score (nSPS) is 10.5. The molecular weight excluding hydrogens is 230 g/mol. The minimum atomic E-state index is 0.792. The summed E-state index contributed by atoms with van der Waals surface area (Å²) in [6, 6.07) is 16.5. The molecule has 0 spiro atoms. The van der Waals surface area contributed by atoms with Crippen LogP contribution in [0, 0.1) is 6.92 Å². The zero-order valence-corrected chi connectivity index (χ0v) is 10.7. The first-order chi connectivity index (χ1) is 8.24. The van der Waals surface area contributed by atoms with Crippen LogP contribution < -0.4 is 5.32 Å². The van der Waals surface area contributed by atoms with E-state index in [9.17, 15) is 0 Å². The molecule has 0 aromatic heterocycles. The van der Waals surface area contributed by atoms with Crippen molar-refractivity contribution in [2.24, 2.45) is 0 Å². The maximum atomic E-state index is 5.93. The van der Waals surface area contributed by atoms with Gasteiger partial charge in [-0.15, -0.1) is 0 Å². The minimum absolute atomic E-state index is 0.792. The molecule has 17 heavy (non-hydrogen) atoms. The predicted molar refractivity (Wildman–Crippen MR) is 73.2 cm³/mol. The fraction of sp³-hybridized carbons (Fsp3) is 0.200. The Bertz CT molecular complexity index is 448. The van der Waals surface area contributed by atoms with Crippen LogP contribution in [0.25, 0.3) is 0 Å². The van der Waals surface area contributed by atoms with Gasteiger partial charge in [0.15, 0.2) is 0 Å². The van der Waals surface area contributed by atoms with Crippen molar-refractivity contribution < 1.29 is 0 Å². The highest BCUT2D eigenvalue weighted by Crippen LogP contribution is 2.10. The molecule has 2 rings (SSSR count). The van der Waals surface area contributed by atoms with E-state index in [1.165, 1.54) is 16.7 Å². The Morgan fingerprint density at radius 3 is 2.24 bits per heavy atom. The van der Waals surface area contributed by atoms with Crippen LogP contribution in [0.4, 0.5) is 0 Å². The van der Waals surface area contributed by atoms with Gasteiger partial charge in [-0.1, -0.05) is 53.6 Å². The third-order valence-electron chi connectivity index (χ3n) is 2.63. The topological polar surface area (TPSA) is 12.0 Å². The first-order valence-corrected chi connectivity index (χ1v) is 6.12. The van der Waals surface area contributed by atoms with E-state index in [0.717, 1.165) is 18.1 Å². The summed E-state index contributed by atoms with van der Waals surface area (Å²) in [5.74, 6) is 0. The van der Waals surface area contributed by atoms with E-state index in [0.29, 0.717) is 0 Å². The molecule has 0 unspecified atom stereocenters. The fourth-order valence-electron chi connectivity index (χ4n) is 1.82. The van der Waals surface area contributed by atoms with Gasteiger partial charge in [-0.3, -0.25) is 0 Å². The number of hydrogen-bond donors (Lipinski definition) is 1. The molecule has 0 amide bonds. The van der Waals surface area contributed by atoms with Crippen molar-refractivity contribution in [2.75, 3.05) is 0 Å². The van der Waals surface area contributed by atoms with E-state index >= 15 is 0 Å². The van der Waals surface area contributed by atoms with Crippen LogP contribution in [0.3, 0.4) is 0 Å². The highest BCUT2D eigenvalue weighted by Gasteiger charge is 1.95. The quantitative estimate of drug-likeness (QED) is 0.861. The van der Waals surface area contributed by atoms with Gasteiger partial charge in [0.2, 0.25) is 0 Å². The van der Waals surface area contributed by atoms with Gasteiger partial charge in [0.25, 0.3) is 0 Å². The first-order valence-electron chi connectivity index (χ1n) is 5.75. The second kappa shape index (κ2) is 5.85. The highest BCUT2D eigenvalue weighted by molar-refractivity contribution is 6.30. The summed E-state index contributed by atoms with van der Waals surface area (Å²) in [6.45, 7) is 3.84. The average molecular weight is 246 g/mol. The molecule has 0 atom stereocenters. The van der Waals surface area contributed by atoms with Gasteiger partial charge < -0.3 is 5.32 Å². The van der Waals surface area contributed by atoms with Gasteiger partial charge in [0.05, 0.1) is 0 Å². The summed E-state index contributed by atoms with van der Waals surface area (Å²) in [5.41, 5.74) is 3.82. The number of halogens is 1. The largest absolute Gasteiger partial charge is 0.309 e. The number of nitrogens with one attached hydrogen (secondary N) is 1. The molecular formula is C15H16ClN. The third kappa shape index (κ3) is 3.88. The summed E-state index contributed by atoms with van der Waals surface area (Å²) in [4.78, 5) is 0. The lowest BCUT2D eigenvalue weighted by Gasteiger charge is -2.06. The Morgan fingerprint density at radius 1 is 0.941 bits per heavy atom. The average Bonchev–Trinajstić information content (AvgIpc) is 2.29. The van der Waals surface area contributed by atoms with Crippen LogP contribution in [0.2, 0.25) is 5.02 Å². The van der Waals surface area contributed by atoms with E-state index in [1.807, 2.05) is 18.2 Å². The van der Waals surface area contributed by atoms with Crippen molar-refractivity contribution >= 4 is 11.6 Å². The smallest absolute Gasteiger partial charge is 0.0409 e. The molecule has 0 saturated carbocycles. The summed E-state index contributed by atoms with van der Waals surface area (Å²) in [7, 11) is 0. The Kier molecular flexibility index (Phi) is 4.18. The van der Waals surface area contributed by atoms with Crippen LogP contribution >= 0.6 is 11.6 Å². The Morgan fingerprint density at radius 2 is 1.59 bits per heavy atom. The summed E-state index contributed by atoms with van der Waals surface area (Å²) < 4.78 is 0. The van der Waals surface area contributed by atoms with Crippen LogP contribution in [-0.2, 0) is 13.1 Å². The zero-order chi connectivity index (χ0) is 12.1. The van der Waals surface area contributed by atoms with Crippen LogP contribution in [0.5, 0.6) is 0 Å². The molecule has 88 valence electrons. The molecule has 0 aliphatic carbocycles. The van der Waals surface area contributed by atoms with Gasteiger partial charge in [-0.2, -0.15) is 0 Å². The van der Waals surface area contributed by atoms with Gasteiger partial charge in [-0.25, -0.2) is 0 Å². The molecule has 2 aromatic rings. The van der Waals surface area contributed by atoms with E-state index in [2.05, 4.69) is 42.6 Å². The molecule has 0 aliphatic heterocycles. The third-order valence-corrected chi connectivity index (χ3v) is 2.86. The lowest BCUT2D eigenvalue weighted by Crippen LogP contribution is -2.12. The van der Waals surface area contributed by atoms with Gasteiger partial charge >= 0.3 is 0 Å². The van der Waals surface area contributed by atoms with Crippen molar-refractivity contribution in [1.82, 2.24) is 5.32 Å². The van der Waals surface area contributed by atoms with E-state index in [4.69, 9.17) is 11.6 Å². The molecule has 2 aromatic carbocycles. The van der Waals surface area contributed by atoms with Gasteiger partial charge in [0, 0.05) is 18.1 Å². The Balaban J connectivity index is 1.87. The molecule has 0 aliphatic rings. The van der Waals surface area contributed by atoms with Crippen molar-refractivity contribution in [3.8, 4) is 0 Å². The van der Waals surface area contributed by atoms with Gasteiger partial charge in [0.1, 0.15) is 0 Å². The van der Waals surface area contributed by atoms with Crippen molar-refractivity contribution in [3.05, 3.63) is 70.2 Å². The Hall–Kier alpha value is -1.31. The highest BCUT2D eigenvalue weighted by atomic mass is 35.5. The van der Waals surface area contributed by atoms with Crippen LogP contribution in [0.15, 0.2) is 48.5 Å². The fourth-order valence-corrected chi connectivity index (χ4v) is 2.03. The second-order valence-electron chi connectivity index (χ2n) is 4.22. The van der Waals surface area contributed by atoms with Gasteiger partial charge in [-0.05, 0) is 30.2 Å². The predicted octanol–water partition coefficient (Wildman–Crippen LogP) is 3.94. The van der Waals surface area contributed by atoms with Crippen molar-refractivity contribution in [2.45, 2.75) is 20.0 Å². The van der Waals surface area contributed by atoms with E-state index in [1.54, 1.807) is 0 Å². The van der Waals surface area contributed by atoms with Crippen LogP contribution in [0.1, 0.15) is 16.7 Å². The lowest BCUT2D eigenvalue weighted by atomic mass is 10.1. The number of hydrogen-bond acceptors (Lipinski definition) is 1. The summed E-state index contributed by atoms with van der Waals surface area (Å²) in [6.07, 6.45) is 0. The standard InChI is InChI=1S/C15H16ClN/c1-12-4-2-5-13(8-12)10-17-11-14-6-3-7-15(16)9-14/h2-9,17H,10-11H2,1H3. The summed E-state index contributed by atoms with van der Waals surface area (Å²) in [5, 5.41) is 4.21. The maximum Gasteiger partial charge on any atom is 0.0409 e. The van der Waals surface area contributed by atoms with Crippen molar-refractivity contribution in [1.29, 1.82) is 0 Å². The molecule has 1 nitrogen and oxygen atoms in total. The molecule has 2 heteroatoms. The molecule has 1 N–H and O–H groups in total.